The highest BCUT2D eigenvalue weighted by Crippen LogP contribution is 2.16. The lowest BCUT2D eigenvalue weighted by atomic mass is 10.1. The maximum absolute atomic E-state index is 11.8. The Balaban J connectivity index is 2.35. The van der Waals surface area contributed by atoms with Crippen molar-refractivity contribution in [2.45, 2.75) is 44.8 Å². The first-order chi connectivity index (χ1) is 7.15. The van der Waals surface area contributed by atoms with E-state index in [2.05, 4.69) is 6.07 Å². The van der Waals surface area contributed by atoms with Crippen LogP contribution in [0.25, 0.3) is 0 Å². The van der Waals surface area contributed by atoms with E-state index in [1.165, 1.54) is 0 Å². The minimum Gasteiger partial charge on any atom is -0.378 e. The Morgan fingerprint density at radius 3 is 3.00 bits per heavy atom. The third kappa shape index (κ3) is 3.52. The first kappa shape index (κ1) is 12.0. The fourth-order valence-electron chi connectivity index (χ4n) is 1.66. The number of carbonyl (C=O) groups excluding carboxylic acids is 1. The van der Waals surface area contributed by atoms with Crippen LogP contribution in [0.5, 0.6) is 0 Å². The van der Waals surface area contributed by atoms with Crippen molar-refractivity contribution in [2.75, 3.05) is 13.7 Å². The maximum Gasteiger partial charge on any atom is 0.225 e. The van der Waals surface area contributed by atoms with E-state index in [1.54, 1.807) is 11.9 Å². The SMILES string of the molecule is CC(CC#N)N(C)C(=O)CC1CCCO1. The topological polar surface area (TPSA) is 53.3 Å². The van der Waals surface area contributed by atoms with Crippen molar-refractivity contribution in [2.24, 2.45) is 0 Å². The molecule has 0 aromatic heterocycles. The van der Waals surface area contributed by atoms with E-state index in [-0.39, 0.29) is 18.1 Å². The van der Waals surface area contributed by atoms with Gasteiger partial charge in [-0.15, -0.1) is 0 Å². The quantitative estimate of drug-likeness (QED) is 0.703. The van der Waals surface area contributed by atoms with Crippen LogP contribution in [0.1, 0.15) is 32.6 Å². The van der Waals surface area contributed by atoms with E-state index in [0.29, 0.717) is 12.8 Å². The third-order valence-electron chi connectivity index (χ3n) is 2.87. The van der Waals surface area contributed by atoms with Crippen LogP contribution in [0.3, 0.4) is 0 Å². The van der Waals surface area contributed by atoms with Gasteiger partial charge in [-0.3, -0.25) is 4.79 Å². The summed E-state index contributed by atoms with van der Waals surface area (Å²) in [5.74, 6) is 0.0738. The molecule has 1 rings (SSSR count). The van der Waals surface area contributed by atoms with Crippen molar-refractivity contribution in [1.29, 1.82) is 5.26 Å². The van der Waals surface area contributed by atoms with Gasteiger partial charge in [0.05, 0.1) is 25.0 Å². The molecular formula is C11H18N2O2. The van der Waals surface area contributed by atoms with Crippen LogP contribution in [0.2, 0.25) is 0 Å². The highest BCUT2D eigenvalue weighted by molar-refractivity contribution is 5.76. The molecule has 0 spiro atoms. The zero-order valence-electron chi connectivity index (χ0n) is 9.40. The van der Waals surface area contributed by atoms with Gasteiger partial charge in [0, 0.05) is 19.7 Å². The van der Waals surface area contributed by atoms with Gasteiger partial charge in [0.2, 0.25) is 5.91 Å². The zero-order valence-corrected chi connectivity index (χ0v) is 9.40. The number of rotatable bonds is 4. The molecule has 1 amide bonds. The number of amides is 1. The fourth-order valence-corrected chi connectivity index (χ4v) is 1.66. The number of hydrogen-bond donors (Lipinski definition) is 0. The van der Waals surface area contributed by atoms with E-state index in [4.69, 9.17) is 10.00 Å². The Labute approximate surface area is 90.8 Å². The molecular weight excluding hydrogens is 192 g/mol. The highest BCUT2D eigenvalue weighted by Gasteiger charge is 2.23. The second-order valence-corrected chi connectivity index (χ2v) is 4.06. The van der Waals surface area contributed by atoms with Gasteiger partial charge in [-0.1, -0.05) is 0 Å². The molecule has 1 aliphatic rings. The lowest BCUT2D eigenvalue weighted by Crippen LogP contribution is -2.36. The van der Waals surface area contributed by atoms with Crippen LogP contribution < -0.4 is 0 Å². The Bertz CT molecular complexity index is 254. The van der Waals surface area contributed by atoms with Gasteiger partial charge in [-0.2, -0.15) is 5.26 Å². The summed E-state index contributed by atoms with van der Waals surface area (Å²) in [4.78, 5) is 13.4. The second-order valence-electron chi connectivity index (χ2n) is 4.06. The van der Waals surface area contributed by atoms with E-state index in [0.717, 1.165) is 19.4 Å². The number of nitriles is 1. The summed E-state index contributed by atoms with van der Waals surface area (Å²) in [5.41, 5.74) is 0. The summed E-state index contributed by atoms with van der Waals surface area (Å²) >= 11 is 0. The predicted molar refractivity (Wildman–Crippen MR) is 56.1 cm³/mol. The van der Waals surface area contributed by atoms with Crippen molar-refractivity contribution in [3.63, 3.8) is 0 Å². The summed E-state index contributed by atoms with van der Waals surface area (Å²) < 4.78 is 5.40. The Hall–Kier alpha value is -1.08. The summed E-state index contributed by atoms with van der Waals surface area (Å²) in [5, 5.41) is 8.54. The van der Waals surface area contributed by atoms with Crippen LogP contribution >= 0.6 is 0 Å². The van der Waals surface area contributed by atoms with Gasteiger partial charge < -0.3 is 9.64 Å². The van der Waals surface area contributed by atoms with E-state index in [9.17, 15) is 4.79 Å². The van der Waals surface area contributed by atoms with Crippen molar-refractivity contribution in [3.05, 3.63) is 0 Å². The Kier molecular flexibility index (Phi) is 4.57. The number of ether oxygens (including phenoxy) is 1. The van der Waals surface area contributed by atoms with Gasteiger partial charge in [0.25, 0.3) is 0 Å². The van der Waals surface area contributed by atoms with E-state index in [1.807, 2.05) is 6.92 Å². The fraction of sp³-hybridized carbons (Fsp3) is 0.818. The smallest absolute Gasteiger partial charge is 0.225 e. The minimum atomic E-state index is -0.0103. The minimum absolute atomic E-state index is 0.0103. The van der Waals surface area contributed by atoms with Crippen molar-refractivity contribution < 1.29 is 9.53 Å². The number of carbonyl (C=O) groups is 1. The molecule has 0 aliphatic carbocycles. The third-order valence-corrected chi connectivity index (χ3v) is 2.87. The first-order valence-corrected chi connectivity index (χ1v) is 5.39. The van der Waals surface area contributed by atoms with Crippen molar-refractivity contribution in [1.82, 2.24) is 4.90 Å². The summed E-state index contributed by atoms with van der Waals surface area (Å²) in [6.07, 6.45) is 2.95. The lowest BCUT2D eigenvalue weighted by Gasteiger charge is -2.24. The highest BCUT2D eigenvalue weighted by atomic mass is 16.5. The first-order valence-electron chi connectivity index (χ1n) is 5.39. The monoisotopic (exact) mass is 210 g/mol. The summed E-state index contributed by atoms with van der Waals surface area (Å²) in [7, 11) is 1.75. The molecule has 1 aliphatic heterocycles. The molecule has 4 heteroatoms. The van der Waals surface area contributed by atoms with Crippen molar-refractivity contribution >= 4 is 5.91 Å². The summed E-state index contributed by atoms with van der Waals surface area (Å²) in [6.45, 7) is 2.66. The molecule has 2 unspecified atom stereocenters. The Morgan fingerprint density at radius 2 is 2.47 bits per heavy atom. The molecule has 4 nitrogen and oxygen atoms in total. The second kappa shape index (κ2) is 5.72. The van der Waals surface area contributed by atoms with Gasteiger partial charge in [0.15, 0.2) is 0 Å². The molecule has 84 valence electrons. The zero-order chi connectivity index (χ0) is 11.3. The van der Waals surface area contributed by atoms with Gasteiger partial charge >= 0.3 is 0 Å². The van der Waals surface area contributed by atoms with Crippen LogP contribution in [-0.2, 0) is 9.53 Å². The molecule has 15 heavy (non-hydrogen) atoms. The maximum atomic E-state index is 11.8. The van der Waals surface area contributed by atoms with Gasteiger partial charge in [-0.25, -0.2) is 0 Å². The molecule has 0 aromatic carbocycles. The average molecular weight is 210 g/mol. The van der Waals surface area contributed by atoms with Crippen LogP contribution in [-0.4, -0.2) is 36.6 Å². The van der Waals surface area contributed by atoms with Crippen LogP contribution in [0.4, 0.5) is 0 Å². The lowest BCUT2D eigenvalue weighted by molar-refractivity contribution is -0.133. The van der Waals surface area contributed by atoms with E-state index < -0.39 is 0 Å². The summed E-state index contributed by atoms with van der Waals surface area (Å²) in [6, 6.07) is 2.06. The molecule has 0 bridgehead atoms. The molecule has 0 radical (unpaired) electrons. The largest absolute Gasteiger partial charge is 0.378 e. The normalized spacial score (nSPS) is 22.1. The number of nitrogens with zero attached hydrogens (tertiary/aromatic N) is 2. The average Bonchev–Trinajstić information content (AvgIpc) is 2.69. The molecule has 0 N–H and O–H groups in total. The molecule has 0 aromatic rings. The molecule has 2 atom stereocenters. The van der Waals surface area contributed by atoms with Crippen molar-refractivity contribution in [3.8, 4) is 6.07 Å². The van der Waals surface area contributed by atoms with Gasteiger partial charge in [-0.05, 0) is 19.8 Å². The Morgan fingerprint density at radius 1 is 1.73 bits per heavy atom. The molecule has 1 saturated heterocycles. The predicted octanol–water partition coefficient (Wildman–Crippen LogP) is 1.32. The van der Waals surface area contributed by atoms with Crippen LogP contribution in [0, 0.1) is 11.3 Å². The van der Waals surface area contributed by atoms with Crippen LogP contribution in [0.15, 0.2) is 0 Å². The molecule has 1 fully saturated rings. The molecule has 0 saturated carbocycles. The van der Waals surface area contributed by atoms with E-state index >= 15 is 0 Å². The number of hydrogen-bond acceptors (Lipinski definition) is 3. The molecule has 1 heterocycles. The van der Waals surface area contributed by atoms with Gasteiger partial charge in [0.1, 0.15) is 0 Å². The standard InChI is InChI=1S/C11H18N2O2/c1-9(5-6-12)13(2)11(14)8-10-4-3-7-15-10/h9-10H,3-5,7-8H2,1-2H3.